The van der Waals surface area contributed by atoms with Gasteiger partial charge in [0.15, 0.2) is 0 Å². The molecule has 0 aliphatic carbocycles. The topological polar surface area (TPSA) is 213 Å². The fourth-order valence-electron chi connectivity index (χ4n) is 2.16. The summed E-state index contributed by atoms with van der Waals surface area (Å²) in [6.07, 6.45) is 0. The van der Waals surface area contributed by atoms with Gasteiger partial charge in [0.25, 0.3) is 30.4 Å². The van der Waals surface area contributed by atoms with Crippen molar-refractivity contribution in [2.45, 2.75) is 14.7 Å². The summed E-state index contributed by atoms with van der Waals surface area (Å²) in [5, 5.41) is 7.66. The molecule has 0 aromatic heterocycles. The fourth-order valence-corrected chi connectivity index (χ4v) is 4.23. The normalized spacial score (nSPS) is 12.9. The smallest absolute Gasteiger partial charge is 0.295 e. The van der Waals surface area contributed by atoms with Gasteiger partial charge in [-0.15, -0.1) is 0 Å². The molecule has 5 N–H and O–H groups in total. The molecule has 2 aromatic rings. The van der Waals surface area contributed by atoms with Gasteiger partial charge in [-0.05, 0) is 18.2 Å². The summed E-state index contributed by atoms with van der Waals surface area (Å²) >= 11 is 0. The van der Waals surface area contributed by atoms with Crippen LogP contribution in [0.5, 0.6) is 0 Å². The number of rotatable bonds is 3. The maximum absolute atomic E-state index is 11.6. The van der Waals surface area contributed by atoms with Crippen LogP contribution in [0.1, 0.15) is 5.56 Å². The number of benzene rings is 2. The zero-order chi connectivity index (χ0) is 19.4. The van der Waals surface area contributed by atoms with Gasteiger partial charge in [-0.3, -0.25) is 13.7 Å². The van der Waals surface area contributed by atoms with E-state index in [4.69, 9.17) is 15.5 Å². The van der Waals surface area contributed by atoms with Gasteiger partial charge in [-0.1, -0.05) is 0 Å². The largest absolute Gasteiger partial charge is 0.398 e. The summed E-state index contributed by atoms with van der Waals surface area (Å²) in [6.45, 7) is 0. The average Bonchev–Trinajstić information content (AvgIpc) is 2.42. The lowest BCUT2D eigenvalue weighted by molar-refractivity contribution is 0.478. The Labute approximate surface area is 141 Å². The number of anilines is 1. The third-order valence-electron chi connectivity index (χ3n) is 3.13. The van der Waals surface area contributed by atoms with Crippen molar-refractivity contribution in [3.8, 4) is 6.07 Å². The summed E-state index contributed by atoms with van der Waals surface area (Å²) in [5.74, 6) is 0. The zero-order valence-electron chi connectivity index (χ0n) is 11.8. The average molecular weight is 408 g/mol. The number of nitrogens with two attached hydrogens (primary N) is 1. The monoisotopic (exact) mass is 408 g/mol. The first kappa shape index (κ1) is 19.1. The zero-order valence-corrected chi connectivity index (χ0v) is 14.2. The van der Waals surface area contributed by atoms with E-state index in [2.05, 4.69) is 0 Å². The van der Waals surface area contributed by atoms with Crippen molar-refractivity contribution in [1.82, 2.24) is 0 Å². The van der Waals surface area contributed by atoms with E-state index in [0.717, 1.165) is 0 Å². The van der Waals surface area contributed by atoms with Crippen molar-refractivity contribution >= 4 is 46.8 Å². The molecule has 0 unspecified atom stereocenters. The molecule has 0 aliphatic rings. The predicted molar refractivity (Wildman–Crippen MR) is 82.5 cm³/mol. The minimum atomic E-state index is -5.18. The number of nitriles is 1. The molecule has 0 fully saturated rings. The SMILES string of the molecule is N#Cc1c(N)cc(S(=O)(=O)O)c2cc(S(=O)(=O)O)cc(S(=O)(=O)O)c12. The Balaban J connectivity index is 3.38. The highest BCUT2D eigenvalue weighted by atomic mass is 32.2. The Morgan fingerprint density at radius 2 is 1.36 bits per heavy atom. The molecule has 0 bridgehead atoms. The molecule has 0 amide bonds. The summed E-state index contributed by atoms with van der Waals surface area (Å²) in [7, 11) is -15.3. The second-order valence-electron chi connectivity index (χ2n) is 4.72. The number of nitrogens with zero attached hydrogens (tertiary/aromatic N) is 1. The first-order chi connectivity index (χ1) is 11.2. The van der Waals surface area contributed by atoms with Gasteiger partial charge in [0.2, 0.25) is 0 Å². The number of hydrogen-bond donors (Lipinski definition) is 4. The fraction of sp³-hybridized carbons (Fsp3) is 0. The highest BCUT2D eigenvalue weighted by Crippen LogP contribution is 2.36. The van der Waals surface area contributed by atoms with Crippen LogP contribution in [0.2, 0.25) is 0 Å². The van der Waals surface area contributed by atoms with E-state index in [1.54, 1.807) is 0 Å². The van der Waals surface area contributed by atoms with Crippen LogP contribution < -0.4 is 5.73 Å². The van der Waals surface area contributed by atoms with Crippen LogP contribution in [0.4, 0.5) is 5.69 Å². The van der Waals surface area contributed by atoms with Crippen molar-refractivity contribution in [2.24, 2.45) is 0 Å². The molecule has 0 atom stereocenters. The van der Waals surface area contributed by atoms with Crippen LogP contribution in [-0.2, 0) is 30.4 Å². The molecule has 14 heteroatoms. The lowest BCUT2D eigenvalue weighted by Gasteiger charge is -2.13. The molecule has 0 saturated carbocycles. The van der Waals surface area contributed by atoms with Crippen LogP contribution in [0.3, 0.4) is 0 Å². The minimum absolute atomic E-state index is 0.320. The Hall–Kier alpha value is -2.28. The molecule has 0 saturated heterocycles. The van der Waals surface area contributed by atoms with Crippen molar-refractivity contribution in [3.63, 3.8) is 0 Å². The molecule has 25 heavy (non-hydrogen) atoms. The van der Waals surface area contributed by atoms with Crippen molar-refractivity contribution in [2.75, 3.05) is 5.73 Å². The predicted octanol–water partition coefficient (Wildman–Crippen LogP) is 0.0338. The van der Waals surface area contributed by atoms with Crippen LogP contribution in [0, 0.1) is 11.3 Å². The first-order valence-electron chi connectivity index (χ1n) is 5.90. The molecule has 0 spiro atoms. The highest BCUT2D eigenvalue weighted by molar-refractivity contribution is 7.87. The lowest BCUT2D eigenvalue weighted by Crippen LogP contribution is -2.09. The van der Waals surface area contributed by atoms with E-state index in [0.29, 0.717) is 18.2 Å². The molecular formula is C11H8N2O9S3. The summed E-state index contributed by atoms with van der Waals surface area (Å²) in [6, 6.07) is 2.94. The van der Waals surface area contributed by atoms with E-state index in [-0.39, 0.29) is 0 Å². The molecular weight excluding hydrogens is 400 g/mol. The van der Waals surface area contributed by atoms with Crippen molar-refractivity contribution in [3.05, 3.63) is 23.8 Å². The maximum Gasteiger partial charge on any atom is 0.295 e. The van der Waals surface area contributed by atoms with Crippen LogP contribution in [-0.4, -0.2) is 38.9 Å². The first-order valence-corrected chi connectivity index (χ1v) is 10.2. The van der Waals surface area contributed by atoms with Crippen LogP contribution >= 0.6 is 0 Å². The molecule has 0 heterocycles. The molecule has 2 rings (SSSR count). The third kappa shape index (κ3) is 3.42. The lowest BCUT2D eigenvalue weighted by atomic mass is 10.0. The molecule has 2 aromatic carbocycles. The molecule has 11 nitrogen and oxygen atoms in total. The Kier molecular flexibility index (Phi) is 4.29. The van der Waals surface area contributed by atoms with E-state index in [1.165, 1.54) is 6.07 Å². The van der Waals surface area contributed by atoms with Gasteiger partial charge in [-0.2, -0.15) is 30.5 Å². The van der Waals surface area contributed by atoms with Gasteiger partial charge in [0.1, 0.15) is 15.9 Å². The molecule has 134 valence electrons. The summed E-state index contributed by atoms with van der Waals surface area (Å²) in [4.78, 5) is -3.30. The third-order valence-corrected chi connectivity index (χ3v) is 5.73. The number of hydrogen-bond acceptors (Lipinski definition) is 8. The van der Waals surface area contributed by atoms with Gasteiger partial charge in [0.05, 0.1) is 16.1 Å². The molecule has 0 radical (unpaired) electrons. The van der Waals surface area contributed by atoms with E-state index < -0.39 is 67.1 Å². The van der Waals surface area contributed by atoms with Crippen molar-refractivity contribution in [1.29, 1.82) is 5.26 Å². The Morgan fingerprint density at radius 1 is 0.840 bits per heavy atom. The summed E-state index contributed by atoms with van der Waals surface area (Å²) in [5.41, 5.74) is 4.35. The quantitative estimate of drug-likeness (QED) is 0.392. The highest BCUT2D eigenvalue weighted by Gasteiger charge is 2.27. The number of fused-ring (bicyclic) bond motifs is 1. The maximum atomic E-state index is 11.6. The minimum Gasteiger partial charge on any atom is -0.398 e. The second-order valence-corrected chi connectivity index (χ2v) is 8.92. The number of nitrogen functional groups attached to an aromatic ring is 1. The van der Waals surface area contributed by atoms with Gasteiger partial charge >= 0.3 is 0 Å². The van der Waals surface area contributed by atoms with Crippen molar-refractivity contribution < 1.29 is 38.9 Å². The molecule has 0 aliphatic heterocycles. The van der Waals surface area contributed by atoms with Crippen LogP contribution in [0.25, 0.3) is 10.8 Å². The summed E-state index contributed by atoms with van der Waals surface area (Å²) < 4.78 is 96.5. The van der Waals surface area contributed by atoms with E-state index in [1.807, 2.05) is 0 Å². The Bertz CT molecular complexity index is 1270. The van der Waals surface area contributed by atoms with Gasteiger partial charge in [0, 0.05) is 10.8 Å². The Morgan fingerprint density at radius 3 is 1.76 bits per heavy atom. The second kappa shape index (κ2) is 5.62. The van der Waals surface area contributed by atoms with Gasteiger partial charge in [-0.25, -0.2) is 0 Å². The van der Waals surface area contributed by atoms with Crippen LogP contribution in [0.15, 0.2) is 32.9 Å². The van der Waals surface area contributed by atoms with E-state index >= 15 is 0 Å². The van der Waals surface area contributed by atoms with E-state index in [9.17, 15) is 34.4 Å². The van der Waals surface area contributed by atoms with Gasteiger partial charge < -0.3 is 5.73 Å². The standard InChI is InChI=1S/C11H8N2O9S3/c12-4-7-8(13)3-9(24(17,18)19)6-1-5(23(14,15)16)2-10(11(6)7)25(20,21)22/h1-3H,13H2,(H,14,15,16)(H,17,18,19)(H,20,21,22).